The zero-order valence-corrected chi connectivity index (χ0v) is 15.2. The predicted octanol–water partition coefficient (Wildman–Crippen LogP) is 4.60. The molecule has 0 aliphatic carbocycles. The van der Waals surface area contributed by atoms with Gasteiger partial charge in [0.15, 0.2) is 0 Å². The Kier molecular flexibility index (Phi) is 4.62. The average molecular weight is 379 g/mol. The van der Waals surface area contributed by atoms with E-state index in [9.17, 15) is 9.59 Å². The van der Waals surface area contributed by atoms with Gasteiger partial charge in [-0.25, -0.2) is 0 Å². The molecule has 0 bridgehead atoms. The lowest BCUT2D eigenvalue weighted by molar-refractivity contribution is -0.124. The van der Waals surface area contributed by atoms with Crippen molar-refractivity contribution in [3.63, 3.8) is 0 Å². The highest BCUT2D eigenvalue weighted by atomic mass is 35.5. The van der Waals surface area contributed by atoms with Crippen molar-refractivity contribution in [3.8, 4) is 5.75 Å². The van der Waals surface area contributed by atoms with E-state index in [-0.39, 0.29) is 18.1 Å². The van der Waals surface area contributed by atoms with Crippen molar-refractivity contribution < 1.29 is 14.3 Å². The van der Waals surface area contributed by atoms with Crippen LogP contribution in [0.4, 0.5) is 11.4 Å². The van der Waals surface area contributed by atoms with Crippen LogP contribution in [-0.4, -0.2) is 18.4 Å². The number of rotatable bonds is 2. The number of carbonyl (C=O) groups is 2. The number of carbonyl (C=O) groups excluding carboxylic acids is 2. The fraction of sp³-hybridized carbons (Fsp3) is 0.222. The monoisotopic (exact) mass is 378 g/mol. The van der Waals surface area contributed by atoms with Gasteiger partial charge in [-0.2, -0.15) is 0 Å². The van der Waals surface area contributed by atoms with E-state index in [0.29, 0.717) is 27.2 Å². The highest BCUT2D eigenvalue weighted by Crippen LogP contribution is 2.34. The molecule has 130 valence electrons. The molecule has 25 heavy (non-hydrogen) atoms. The lowest BCUT2D eigenvalue weighted by Gasteiger charge is -2.18. The Morgan fingerprint density at radius 3 is 2.72 bits per heavy atom. The van der Waals surface area contributed by atoms with E-state index in [1.54, 1.807) is 44.2 Å². The Bertz CT molecular complexity index is 865. The third-order valence-electron chi connectivity index (χ3n) is 3.86. The van der Waals surface area contributed by atoms with Crippen molar-refractivity contribution in [2.75, 3.05) is 17.2 Å². The van der Waals surface area contributed by atoms with Gasteiger partial charge in [-0.1, -0.05) is 23.2 Å². The van der Waals surface area contributed by atoms with E-state index in [0.717, 1.165) is 0 Å². The minimum atomic E-state index is -0.642. The van der Waals surface area contributed by atoms with Crippen molar-refractivity contribution in [3.05, 3.63) is 52.0 Å². The van der Waals surface area contributed by atoms with Gasteiger partial charge in [-0.05, 0) is 50.2 Å². The topological polar surface area (TPSA) is 67.4 Å². The third kappa shape index (κ3) is 3.72. The van der Waals surface area contributed by atoms with Gasteiger partial charge in [-0.3, -0.25) is 9.59 Å². The second kappa shape index (κ2) is 6.58. The number of hydrogen-bond donors (Lipinski definition) is 2. The van der Waals surface area contributed by atoms with Crippen molar-refractivity contribution in [2.45, 2.75) is 13.8 Å². The largest absolute Gasteiger partial charge is 0.490 e. The molecular formula is C18H16Cl2N2O3. The molecule has 2 aromatic carbocycles. The van der Waals surface area contributed by atoms with Crippen molar-refractivity contribution >= 4 is 46.4 Å². The Hall–Kier alpha value is -2.24. The Balaban J connectivity index is 1.85. The molecule has 0 spiro atoms. The van der Waals surface area contributed by atoms with Crippen LogP contribution in [0.2, 0.25) is 10.0 Å². The number of anilines is 2. The highest BCUT2D eigenvalue weighted by Gasteiger charge is 2.32. The molecular weight excluding hydrogens is 363 g/mol. The molecule has 1 aliphatic rings. The summed E-state index contributed by atoms with van der Waals surface area (Å²) in [4.78, 5) is 24.6. The fourth-order valence-corrected chi connectivity index (χ4v) is 2.69. The minimum Gasteiger partial charge on any atom is -0.490 e. The number of fused-ring (bicyclic) bond motifs is 1. The lowest BCUT2D eigenvalue weighted by atomic mass is 9.94. The normalized spacial score (nSPS) is 15.4. The van der Waals surface area contributed by atoms with Gasteiger partial charge in [0.05, 0.1) is 21.7 Å². The summed E-state index contributed by atoms with van der Waals surface area (Å²) in [5.74, 6) is 0.0129. The van der Waals surface area contributed by atoms with Crippen LogP contribution < -0.4 is 15.4 Å². The first-order valence-electron chi connectivity index (χ1n) is 7.61. The van der Waals surface area contributed by atoms with E-state index in [1.165, 1.54) is 6.07 Å². The molecule has 2 aromatic rings. The third-order valence-corrected chi connectivity index (χ3v) is 4.43. The molecule has 0 aromatic heterocycles. The Morgan fingerprint density at radius 1 is 1.20 bits per heavy atom. The van der Waals surface area contributed by atoms with E-state index < -0.39 is 11.3 Å². The quantitative estimate of drug-likeness (QED) is 0.801. The van der Waals surface area contributed by atoms with Gasteiger partial charge >= 0.3 is 0 Å². The van der Waals surface area contributed by atoms with Crippen molar-refractivity contribution in [2.24, 2.45) is 5.41 Å². The molecule has 0 saturated carbocycles. The summed E-state index contributed by atoms with van der Waals surface area (Å²) >= 11 is 12.0. The molecule has 0 saturated heterocycles. The van der Waals surface area contributed by atoms with Crippen LogP contribution in [0.3, 0.4) is 0 Å². The zero-order valence-electron chi connectivity index (χ0n) is 13.7. The summed E-state index contributed by atoms with van der Waals surface area (Å²) in [7, 11) is 0. The van der Waals surface area contributed by atoms with Crippen LogP contribution >= 0.6 is 23.2 Å². The maximum absolute atomic E-state index is 12.4. The second-order valence-corrected chi connectivity index (χ2v) is 7.26. The van der Waals surface area contributed by atoms with E-state index in [2.05, 4.69) is 10.6 Å². The number of nitrogens with one attached hydrogen (secondary N) is 2. The van der Waals surface area contributed by atoms with Gasteiger partial charge in [0.1, 0.15) is 12.4 Å². The molecule has 0 atom stereocenters. The number of hydrogen-bond acceptors (Lipinski definition) is 3. The Morgan fingerprint density at radius 2 is 1.96 bits per heavy atom. The number of ether oxygens (including phenoxy) is 1. The minimum absolute atomic E-state index is 0.146. The maximum atomic E-state index is 12.4. The van der Waals surface area contributed by atoms with Gasteiger partial charge in [0.25, 0.3) is 5.91 Å². The highest BCUT2D eigenvalue weighted by molar-refractivity contribution is 6.36. The molecule has 0 unspecified atom stereocenters. The van der Waals surface area contributed by atoms with Crippen LogP contribution in [0.1, 0.15) is 24.2 Å². The summed E-state index contributed by atoms with van der Waals surface area (Å²) in [5.41, 5.74) is 0.635. The molecule has 0 radical (unpaired) electrons. The first kappa shape index (κ1) is 17.6. The van der Waals surface area contributed by atoms with Crippen LogP contribution in [0, 0.1) is 5.41 Å². The van der Waals surface area contributed by atoms with Gasteiger partial charge in [0.2, 0.25) is 5.91 Å². The SMILES string of the molecule is CC1(C)COc2ccc(NC(=O)c3cc(Cl)ccc3Cl)cc2NC1=O. The lowest BCUT2D eigenvalue weighted by Crippen LogP contribution is -2.33. The summed E-state index contributed by atoms with van der Waals surface area (Å²) in [6, 6.07) is 9.70. The van der Waals surface area contributed by atoms with E-state index >= 15 is 0 Å². The summed E-state index contributed by atoms with van der Waals surface area (Å²) in [6.45, 7) is 3.88. The molecule has 3 rings (SSSR count). The van der Waals surface area contributed by atoms with E-state index in [1.807, 2.05) is 0 Å². The maximum Gasteiger partial charge on any atom is 0.257 e. The predicted molar refractivity (Wildman–Crippen MR) is 98.8 cm³/mol. The van der Waals surface area contributed by atoms with Crippen LogP contribution in [0.5, 0.6) is 5.75 Å². The van der Waals surface area contributed by atoms with Crippen molar-refractivity contribution in [1.82, 2.24) is 0 Å². The molecule has 0 fully saturated rings. The van der Waals surface area contributed by atoms with Crippen molar-refractivity contribution in [1.29, 1.82) is 0 Å². The van der Waals surface area contributed by atoms with Crippen LogP contribution in [0.25, 0.3) is 0 Å². The van der Waals surface area contributed by atoms with Crippen LogP contribution in [-0.2, 0) is 4.79 Å². The summed E-state index contributed by atoms with van der Waals surface area (Å²) in [5, 5.41) is 6.28. The Labute approximate surface area is 155 Å². The standard InChI is InChI=1S/C18H16Cl2N2O3/c1-18(2)9-25-15-6-4-11(8-14(15)22-17(18)24)21-16(23)12-7-10(19)3-5-13(12)20/h3-8H,9H2,1-2H3,(H,21,23)(H,22,24). The van der Waals surface area contributed by atoms with Gasteiger partial charge in [0, 0.05) is 10.7 Å². The fourth-order valence-electron chi connectivity index (χ4n) is 2.32. The molecule has 2 N–H and O–H groups in total. The zero-order chi connectivity index (χ0) is 18.2. The van der Waals surface area contributed by atoms with Gasteiger partial charge < -0.3 is 15.4 Å². The molecule has 5 nitrogen and oxygen atoms in total. The smallest absolute Gasteiger partial charge is 0.257 e. The number of amides is 2. The molecule has 2 amide bonds. The number of benzene rings is 2. The molecule has 1 aliphatic heterocycles. The van der Waals surface area contributed by atoms with Gasteiger partial charge in [-0.15, -0.1) is 0 Å². The van der Waals surface area contributed by atoms with E-state index in [4.69, 9.17) is 27.9 Å². The average Bonchev–Trinajstić information content (AvgIpc) is 2.66. The second-order valence-electron chi connectivity index (χ2n) is 6.42. The summed E-state index contributed by atoms with van der Waals surface area (Å²) in [6.07, 6.45) is 0. The first-order valence-corrected chi connectivity index (χ1v) is 8.36. The van der Waals surface area contributed by atoms with Crippen LogP contribution in [0.15, 0.2) is 36.4 Å². The molecule has 7 heteroatoms. The summed E-state index contributed by atoms with van der Waals surface area (Å²) < 4.78 is 5.68. The molecule has 1 heterocycles. The first-order chi connectivity index (χ1) is 11.8. The number of halogens is 2.